The Morgan fingerprint density at radius 3 is 2.37 bits per heavy atom. The molecule has 0 spiro atoms. The van der Waals surface area contributed by atoms with Crippen LogP contribution in [0, 0.1) is 12.8 Å². The normalized spacial score (nSPS) is 15.1. The summed E-state index contributed by atoms with van der Waals surface area (Å²) in [5.41, 5.74) is 3.29. The molecule has 2 atom stereocenters. The Kier molecular flexibility index (Phi) is 5.89. The van der Waals surface area contributed by atoms with Crippen LogP contribution in [0.2, 0.25) is 0 Å². The number of urea groups is 1. The lowest BCUT2D eigenvalue weighted by Crippen LogP contribution is -2.41. The molecule has 2 aromatic carbocycles. The Morgan fingerprint density at radius 2 is 1.67 bits per heavy atom. The van der Waals surface area contributed by atoms with E-state index in [0.29, 0.717) is 13.2 Å². The average molecular weight is 368 g/mol. The summed E-state index contributed by atoms with van der Waals surface area (Å²) in [6, 6.07) is 13.6. The average Bonchev–Trinajstić information content (AvgIpc) is 2.65. The minimum absolute atomic E-state index is 0.0701. The van der Waals surface area contributed by atoms with E-state index in [0.717, 1.165) is 28.2 Å². The van der Waals surface area contributed by atoms with E-state index in [1.165, 1.54) is 0 Å². The van der Waals surface area contributed by atoms with E-state index in [1.807, 2.05) is 43.3 Å². The van der Waals surface area contributed by atoms with Gasteiger partial charge in [-0.15, -0.1) is 0 Å². The third kappa shape index (κ3) is 4.54. The van der Waals surface area contributed by atoms with Gasteiger partial charge in [0, 0.05) is 0 Å². The molecule has 27 heavy (non-hydrogen) atoms. The van der Waals surface area contributed by atoms with Gasteiger partial charge < -0.3 is 20.1 Å². The zero-order valence-corrected chi connectivity index (χ0v) is 16.4. The number of nitrogens with one attached hydrogen (secondary N) is 2. The lowest BCUT2D eigenvalue weighted by atomic mass is 9.95. The molecular weight excluding hydrogens is 340 g/mol. The van der Waals surface area contributed by atoms with Crippen molar-refractivity contribution in [3.8, 4) is 11.5 Å². The van der Waals surface area contributed by atoms with Crippen LogP contribution >= 0.6 is 0 Å². The second-order valence-corrected chi connectivity index (χ2v) is 7.32. The molecule has 0 saturated carbocycles. The van der Waals surface area contributed by atoms with Gasteiger partial charge in [0.05, 0.1) is 12.1 Å². The second-order valence-electron chi connectivity index (χ2n) is 7.32. The van der Waals surface area contributed by atoms with Crippen LogP contribution < -0.4 is 20.1 Å². The SMILES string of the molecule is Cc1ccccc1[C@@H](C)NC(=O)N[C@H](c1ccc2c(c1)OCCO2)C(C)C. The van der Waals surface area contributed by atoms with Crippen molar-refractivity contribution in [2.45, 2.75) is 39.8 Å². The standard InChI is InChI=1S/C22H28N2O3/c1-14(2)21(17-9-10-19-20(13-17)27-12-11-26-19)24-22(25)23-16(4)18-8-6-5-7-15(18)3/h5-10,13-14,16,21H,11-12H2,1-4H3,(H2,23,24,25)/t16-,21+/m1/s1. The van der Waals surface area contributed by atoms with Crippen molar-refractivity contribution >= 4 is 6.03 Å². The van der Waals surface area contributed by atoms with Crippen LogP contribution in [0.5, 0.6) is 11.5 Å². The number of benzene rings is 2. The number of carbonyl (C=O) groups excluding carboxylic acids is 1. The lowest BCUT2D eigenvalue weighted by Gasteiger charge is -2.26. The molecule has 0 bridgehead atoms. The van der Waals surface area contributed by atoms with E-state index in [2.05, 4.69) is 37.5 Å². The molecule has 1 heterocycles. The largest absolute Gasteiger partial charge is 0.486 e. The predicted molar refractivity (Wildman–Crippen MR) is 106 cm³/mol. The number of fused-ring (bicyclic) bond motifs is 1. The highest BCUT2D eigenvalue weighted by atomic mass is 16.6. The highest BCUT2D eigenvalue weighted by molar-refractivity contribution is 5.75. The zero-order valence-electron chi connectivity index (χ0n) is 16.4. The monoisotopic (exact) mass is 368 g/mol. The van der Waals surface area contributed by atoms with Crippen LogP contribution in [-0.2, 0) is 0 Å². The summed E-state index contributed by atoms with van der Waals surface area (Å²) in [6.07, 6.45) is 0. The highest BCUT2D eigenvalue weighted by Crippen LogP contribution is 2.34. The van der Waals surface area contributed by atoms with Crippen molar-refractivity contribution in [1.29, 1.82) is 0 Å². The molecule has 0 aromatic heterocycles. The highest BCUT2D eigenvalue weighted by Gasteiger charge is 2.22. The lowest BCUT2D eigenvalue weighted by molar-refractivity contribution is 0.171. The molecule has 144 valence electrons. The summed E-state index contributed by atoms with van der Waals surface area (Å²) in [7, 11) is 0. The summed E-state index contributed by atoms with van der Waals surface area (Å²) >= 11 is 0. The second kappa shape index (κ2) is 8.33. The molecule has 1 aliphatic heterocycles. The molecule has 2 amide bonds. The van der Waals surface area contributed by atoms with Gasteiger partial charge in [0.15, 0.2) is 11.5 Å². The van der Waals surface area contributed by atoms with Crippen molar-refractivity contribution in [2.75, 3.05) is 13.2 Å². The van der Waals surface area contributed by atoms with Gasteiger partial charge >= 0.3 is 6.03 Å². The Morgan fingerprint density at radius 1 is 0.963 bits per heavy atom. The van der Waals surface area contributed by atoms with Gasteiger partial charge in [0.25, 0.3) is 0 Å². The predicted octanol–water partition coefficient (Wildman–Crippen LogP) is 4.52. The molecule has 0 radical (unpaired) electrons. The minimum Gasteiger partial charge on any atom is -0.486 e. The van der Waals surface area contributed by atoms with Crippen molar-refractivity contribution in [2.24, 2.45) is 5.92 Å². The van der Waals surface area contributed by atoms with Gasteiger partial charge in [-0.05, 0) is 48.6 Å². The van der Waals surface area contributed by atoms with Crippen LogP contribution in [0.15, 0.2) is 42.5 Å². The van der Waals surface area contributed by atoms with Crippen molar-refractivity contribution in [3.63, 3.8) is 0 Å². The Bertz CT molecular complexity index is 804. The first-order valence-corrected chi connectivity index (χ1v) is 9.48. The summed E-state index contributed by atoms with van der Waals surface area (Å²) in [4.78, 5) is 12.6. The molecule has 1 aliphatic rings. The van der Waals surface area contributed by atoms with Crippen LogP contribution in [0.4, 0.5) is 4.79 Å². The van der Waals surface area contributed by atoms with E-state index in [1.54, 1.807) is 0 Å². The minimum atomic E-state index is -0.181. The molecule has 2 aromatic rings. The molecule has 0 fully saturated rings. The number of hydrogen-bond donors (Lipinski definition) is 2. The van der Waals surface area contributed by atoms with E-state index < -0.39 is 0 Å². The number of ether oxygens (including phenoxy) is 2. The molecule has 5 heteroatoms. The fourth-order valence-corrected chi connectivity index (χ4v) is 3.42. The Balaban J connectivity index is 1.71. The summed E-state index contributed by atoms with van der Waals surface area (Å²) in [5, 5.41) is 6.16. The first-order chi connectivity index (χ1) is 13.0. The molecule has 2 N–H and O–H groups in total. The van der Waals surface area contributed by atoms with Crippen LogP contribution in [-0.4, -0.2) is 19.2 Å². The van der Waals surface area contributed by atoms with Gasteiger partial charge in [-0.2, -0.15) is 0 Å². The van der Waals surface area contributed by atoms with Crippen LogP contribution in [0.25, 0.3) is 0 Å². The maximum atomic E-state index is 12.6. The Hall–Kier alpha value is -2.69. The Labute approximate surface area is 161 Å². The van der Waals surface area contributed by atoms with Crippen molar-refractivity contribution in [3.05, 3.63) is 59.2 Å². The van der Waals surface area contributed by atoms with Crippen molar-refractivity contribution < 1.29 is 14.3 Å². The molecule has 3 rings (SSSR count). The van der Waals surface area contributed by atoms with Gasteiger partial charge in [-0.1, -0.05) is 44.2 Å². The van der Waals surface area contributed by atoms with Crippen LogP contribution in [0.1, 0.15) is 49.5 Å². The topological polar surface area (TPSA) is 59.6 Å². The molecule has 5 nitrogen and oxygen atoms in total. The number of aryl methyl sites for hydroxylation is 1. The molecule has 0 unspecified atom stereocenters. The van der Waals surface area contributed by atoms with E-state index in [9.17, 15) is 4.79 Å². The number of amides is 2. The maximum Gasteiger partial charge on any atom is 0.315 e. The quantitative estimate of drug-likeness (QED) is 0.815. The summed E-state index contributed by atoms with van der Waals surface area (Å²) in [5.74, 6) is 1.72. The van der Waals surface area contributed by atoms with E-state index in [4.69, 9.17) is 9.47 Å². The smallest absolute Gasteiger partial charge is 0.315 e. The van der Waals surface area contributed by atoms with Gasteiger partial charge in [0.2, 0.25) is 0 Å². The van der Waals surface area contributed by atoms with Crippen molar-refractivity contribution in [1.82, 2.24) is 10.6 Å². The van der Waals surface area contributed by atoms with Gasteiger partial charge in [-0.25, -0.2) is 4.79 Å². The first-order valence-electron chi connectivity index (χ1n) is 9.48. The van der Waals surface area contributed by atoms with E-state index in [-0.39, 0.29) is 24.0 Å². The van der Waals surface area contributed by atoms with Crippen LogP contribution in [0.3, 0.4) is 0 Å². The van der Waals surface area contributed by atoms with E-state index >= 15 is 0 Å². The number of hydrogen-bond acceptors (Lipinski definition) is 3. The molecule has 0 aliphatic carbocycles. The summed E-state index contributed by atoms with van der Waals surface area (Å²) < 4.78 is 11.3. The third-order valence-electron chi connectivity index (χ3n) is 4.88. The fourth-order valence-electron chi connectivity index (χ4n) is 3.42. The third-order valence-corrected chi connectivity index (χ3v) is 4.88. The number of carbonyl (C=O) groups is 1. The molecule has 0 saturated heterocycles. The first kappa shape index (κ1) is 19.1. The fraction of sp³-hybridized carbons (Fsp3) is 0.409. The zero-order chi connectivity index (χ0) is 19.4. The van der Waals surface area contributed by atoms with Gasteiger partial charge in [0.1, 0.15) is 13.2 Å². The maximum absolute atomic E-state index is 12.6. The number of rotatable bonds is 5. The molecular formula is C22H28N2O3. The summed E-state index contributed by atoms with van der Waals surface area (Å²) in [6.45, 7) is 9.34. The van der Waals surface area contributed by atoms with Gasteiger partial charge in [-0.3, -0.25) is 0 Å².